The number of aromatic nitrogens is 1. The average Bonchev–Trinajstić information content (AvgIpc) is 2.42. The zero-order chi connectivity index (χ0) is 16.4. The fourth-order valence-corrected chi connectivity index (χ4v) is 1.60. The first kappa shape index (κ1) is 18.1. The number of ether oxygens (including phenoxy) is 3. The molecule has 1 N–H and O–H groups in total. The maximum absolute atomic E-state index is 11.8. The van der Waals surface area contributed by atoms with Gasteiger partial charge < -0.3 is 14.2 Å². The van der Waals surface area contributed by atoms with Gasteiger partial charge in [-0.25, -0.2) is 4.79 Å². The molecule has 1 amide bonds. The van der Waals surface area contributed by atoms with E-state index in [-0.39, 0.29) is 6.79 Å². The lowest BCUT2D eigenvalue weighted by atomic mass is 10.1. The van der Waals surface area contributed by atoms with Gasteiger partial charge in [-0.1, -0.05) is 12.2 Å². The SMILES string of the molecule is COCOC/C=C\Cc1cnccc1NC(=O)OC(C)(C)C. The van der Waals surface area contributed by atoms with Gasteiger partial charge in [-0.15, -0.1) is 0 Å². The van der Waals surface area contributed by atoms with Crippen molar-refractivity contribution in [2.45, 2.75) is 32.8 Å². The van der Waals surface area contributed by atoms with Crippen LogP contribution in [0.25, 0.3) is 0 Å². The summed E-state index contributed by atoms with van der Waals surface area (Å²) in [6, 6.07) is 1.74. The third kappa shape index (κ3) is 7.75. The lowest BCUT2D eigenvalue weighted by molar-refractivity contribution is -0.0186. The standard InChI is InChI=1S/C16H24N2O4/c1-16(2,3)22-15(19)18-14-8-9-17-11-13(14)7-5-6-10-21-12-20-4/h5-6,8-9,11H,7,10,12H2,1-4H3,(H,17,18,19)/b6-5-. The molecular formula is C16H24N2O4. The summed E-state index contributed by atoms with van der Waals surface area (Å²) < 4.78 is 15.2. The Morgan fingerprint density at radius 3 is 2.82 bits per heavy atom. The molecule has 0 radical (unpaired) electrons. The summed E-state index contributed by atoms with van der Waals surface area (Å²) in [6.45, 7) is 6.21. The van der Waals surface area contributed by atoms with E-state index in [2.05, 4.69) is 10.3 Å². The largest absolute Gasteiger partial charge is 0.444 e. The van der Waals surface area contributed by atoms with Gasteiger partial charge in [0.15, 0.2) is 0 Å². The molecule has 1 heterocycles. The molecule has 0 unspecified atom stereocenters. The van der Waals surface area contributed by atoms with Crippen LogP contribution in [0.2, 0.25) is 0 Å². The highest BCUT2D eigenvalue weighted by Crippen LogP contribution is 2.16. The van der Waals surface area contributed by atoms with Crippen LogP contribution in [0.5, 0.6) is 0 Å². The Morgan fingerprint density at radius 2 is 2.14 bits per heavy atom. The number of pyridine rings is 1. The predicted octanol–water partition coefficient (Wildman–Crippen LogP) is 3.15. The second kappa shape index (κ2) is 9.17. The smallest absolute Gasteiger partial charge is 0.412 e. The van der Waals surface area contributed by atoms with E-state index < -0.39 is 11.7 Å². The highest BCUT2D eigenvalue weighted by atomic mass is 16.7. The average molecular weight is 308 g/mol. The van der Waals surface area contributed by atoms with Gasteiger partial charge in [-0.3, -0.25) is 10.3 Å². The molecule has 0 fully saturated rings. The topological polar surface area (TPSA) is 69.7 Å². The Bertz CT molecular complexity index is 495. The maximum atomic E-state index is 11.8. The summed E-state index contributed by atoms with van der Waals surface area (Å²) in [5, 5.41) is 2.74. The molecule has 0 spiro atoms. The number of hydrogen-bond donors (Lipinski definition) is 1. The molecule has 0 aromatic carbocycles. The lowest BCUT2D eigenvalue weighted by Crippen LogP contribution is -2.27. The number of hydrogen-bond acceptors (Lipinski definition) is 5. The summed E-state index contributed by atoms with van der Waals surface area (Å²) in [6.07, 6.45) is 7.34. The Hall–Kier alpha value is -1.92. The van der Waals surface area contributed by atoms with Gasteiger partial charge in [-0.2, -0.15) is 0 Å². The van der Waals surface area contributed by atoms with Crippen LogP contribution in [0, 0.1) is 0 Å². The highest BCUT2D eigenvalue weighted by Gasteiger charge is 2.16. The van der Waals surface area contributed by atoms with Crippen LogP contribution >= 0.6 is 0 Å². The summed E-state index contributed by atoms with van der Waals surface area (Å²) in [4.78, 5) is 15.9. The van der Waals surface area contributed by atoms with Crippen LogP contribution in [0.3, 0.4) is 0 Å². The Morgan fingerprint density at radius 1 is 1.36 bits per heavy atom. The van der Waals surface area contributed by atoms with Crippen molar-refractivity contribution in [3.05, 3.63) is 36.2 Å². The van der Waals surface area contributed by atoms with E-state index in [1.807, 2.05) is 32.9 Å². The summed E-state index contributed by atoms with van der Waals surface area (Å²) in [5.74, 6) is 0. The first-order valence-corrected chi connectivity index (χ1v) is 7.07. The normalized spacial score (nSPS) is 11.6. The summed E-state index contributed by atoms with van der Waals surface area (Å²) in [5.41, 5.74) is 1.05. The number of anilines is 1. The number of carbonyl (C=O) groups excluding carboxylic acids is 1. The highest BCUT2D eigenvalue weighted by molar-refractivity contribution is 5.85. The zero-order valence-electron chi connectivity index (χ0n) is 13.6. The fourth-order valence-electron chi connectivity index (χ4n) is 1.60. The molecule has 122 valence electrons. The minimum atomic E-state index is -0.532. The number of carbonyl (C=O) groups is 1. The molecule has 0 aliphatic heterocycles. The van der Waals surface area contributed by atoms with E-state index in [0.29, 0.717) is 18.7 Å². The molecule has 0 atom stereocenters. The van der Waals surface area contributed by atoms with Gasteiger partial charge in [-0.05, 0) is 38.8 Å². The molecule has 0 bridgehead atoms. The molecule has 6 nitrogen and oxygen atoms in total. The van der Waals surface area contributed by atoms with Crippen molar-refractivity contribution in [3.8, 4) is 0 Å². The molecule has 6 heteroatoms. The second-order valence-electron chi connectivity index (χ2n) is 5.61. The minimum absolute atomic E-state index is 0.267. The van der Waals surface area contributed by atoms with Crippen molar-refractivity contribution >= 4 is 11.8 Å². The van der Waals surface area contributed by atoms with Crippen molar-refractivity contribution in [2.24, 2.45) is 0 Å². The first-order chi connectivity index (χ1) is 10.4. The molecular weight excluding hydrogens is 284 g/mol. The van der Waals surface area contributed by atoms with E-state index in [1.54, 1.807) is 25.6 Å². The van der Waals surface area contributed by atoms with Crippen LogP contribution in [0.1, 0.15) is 26.3 Å². The van der Waals surface area contributed by atoms with E-state index in [1.165, 1.54) is 0 Å². The van der Waals surface area contributed by atoms with Crippen LogP contribution in [0.4, 0.5) is 10.5 Å². The molecule has 0 aliphatic carbocycles. The van der Waals surface area contributed by atoms with Crippen LogP contribution in [-0.2, 0) is 20.6 Å². The number of nitrogens with one attached hydrogen (secondary N) is 1. The number of allylic oxidation sites excluding steroid dienone is 1. The zero-order valence-corrected chi connectivity index (χ0v) is 13.6. The quantitative estimate of drug-likeness (QED) is 0.476. The summed E-state index contributed by atoms with van der Waals surface area (Å²) in [7, 11) is 1.58. The Kier molecular flexibility index (Phi) is 7.56. The van der Waals surface area contributed by atoms with Crippen LogP contribution in [0.15, 0.2) is 30.6 Å². The minimum Gasteiger partial charge on any atom is -0.444 e. The molecule has 0 aliphatic rings. The van der Waals surface area contributed by atoms with Gasteiger partial charge in [0.1, 0.15) is 12.4 Å². The lowest BCUT2D eigenvalue weighted by Gasteiger charge is -2.20. The van der Waals surface area contributed by atoms with Crippen molar-refractivity contribution in [2.75, 3.05) is 25.8 Å². The van der Waals surface area contributed by atoms with Crippen molar-refractivity contribution in [1.29, 1.82) is 0 Å². The predicted molar refractivity (Wildman–Crippen MR) is 84.8 cm³/mol. The van der Waals surface area contributed by atoms with E-state index in [4.69, 9.17) is 14.2 Å². The molecule has 1 aromatic heterocycles. The van der Waals surface area contributed by atoms with Gasteiger partial charge in [0.25, 0.3) is 0 Å². The molecule has 1 rings (SSSR count). The number of rotatable bonds is 7. The van der Waals surface area contributed by atoms with Crippen molar-refractivity contribution in [1.82, 2.24) is 4.98 Å². The third-order valence-corrected chi connectivity index (χ3v) is 2.46. The number of methoxy groups -OCH3 is 1. The molecule has 22 heavy (non-hydrogen) atoms. The van der Waals surface area contributed by atoms with Gasteiger partial charge >= 0.3 is 6.09 Å². The second-order valence-corrected chi connectivity index (χ2v) is 5.61. The van der Waals surface area contributed by atoms with Gasteiger partial charge in [0.05, 0.1) is 12.3 Å². The van der Waals surface area contributed by atoms with E-state index in [0.717, 1.165) is 5.56 Å². The molecule has 0 saturated heterocycles. The van der Waals surface area contributed by atoms with E-state index in [9.17, 15) is 4.79 Å². The summed E-state index contributed by atoms with van der Waals surface area (Å²) >= 11 is 0. The Labute approximate surface area is 131 Å². The number of nitrogens with zero attached hydrogens (tertiary/aromatic N) is 1. The monoisotopic (exact) mass is 308 g/mol. The van der Waals surface area contributed by atoms with Crippen molar-refractivity contribution in [3.63, 3.8) is 0 Å². The van der Waals surface area contributed by atoms with E-state index >= 15 is 0 Å². The van der Waals surface area contributed by atoms with Crippen molar-refractivity contribution < 1.29 is 19.0 Å². The van der Waals surface area contributed by atoms with Crippen LogP contribution < -0.4 is 5.32 Å². The maximum Gasteiger partial charge on any atom is 0.412 e. The first-order valence-electron chi connectivity index (χ1n) is 7.07. The van der Waals surface area contributed by atoms with Crippen LogP contribution in [-0.4, -0.2) is 37.2 Å². The fraction of sp³-hybridized carbons (Fsp3) is 0.500. The molecule has 0 saturated carbocycles. The molecule has 1 aromatic rings. The van der Waals surface area contributed by atoms with Gasteiger partial charge in [0, 0.05) is 19.5 Å². The van der Waals surface area contributed by atoms with Gasteiger partial charge in [0.2, 0.25) is 0 Å². The Balaban J connectivity index is 2.56. The number of amides is 1. The third-order valence-electron chi connectivity index (χ3n) is 2.46.